The molecule has 58 valence electrons. The first kappa shape index (κ1) is 40.5. The fraction of sp³-hybridized carbons (Fsp3) is 0.667. The van der Waals surface area contributed by atoms with Crippen LogP contribution in [0.2, 0.25) is 0 Å². The Hall–Kier alpha value is 1.94. The van der Waals surface area contributed by atoms with Gasteiger partial charge in [0.05, 0.1) is 0 Å². The quantitative estimate of drug-likeness (QED) is 0.375. The maximum absolute atomic E-state index is 2.00. The van der Waals surface area contributed by atoms with Crippen LogP contribution in [-0.4, -0.2) is 23.1 Å². The maximum atomic E-state index is 2.00. The summed E-state index contributed by atoms with van der Waals surface area (Å²) in [5.74, 6) is 0. The third kappa shape index (κ3) is 211. The zero-order chi connectivity index (χ0) is 5.41. The van der Waals surface area contributed by atoms with Gasteiger partial charge in [-0.1, -0.05) is 0 Å². The van der Waals surface area contributed by atoms with Crippen LogP contribution in [0.3, 0.4) is 0 Å². The summed E-state index contributed by atoms with van der Waals surface area (Å²) in [6.45, 7) is 8.00. The van der Waals surface area contributed by atoms with Crippen molar-refractivity contribution in [2.75, 3.05) is 0 Å². The second-order valence-electron chi connectivity index (χ2n) is 1.15. The first-order valence-corrected chi connectivity index (χ1v) is 2.31. The van der Waals surface area contributed by atoms with Gasteiger partial charge in [0, 0.05) is 0 Å². The molecule has 10 heavy (non-hydrogen) atoms. The van der Waals surface area contributed by atoms with Crippen molar-refractivity contribution < 1.29 is 20.3 Å². The zero-order valence-electron chi connectivity index (χ0n) is 8.68. The molecule has 4 heteroatoms. The Labute approximate surface area is 108 Å². The first-order chi connectivity index (χ1) is 2.83. The molecule has 0 aliphatic rings. The van der Waals surface area contributed by atoms with Crippen LogP contribution in [-0.2, 0) is 0 Å². The van der Waals surface area contributed by atoms with Crippen LogP contribution in [0.15, 0.2) is 0 Å². The van der Waals surface area contributed by atoms with Crippen molar-refractivity contribution in [3.63, 3.8) is 0 Å². The van der Waals surface area contributed by atoms with Crippen molar-refractivity contribution >= 4 is 47.9 Å². The van der Waals surface area contributed by atoms with Gasteiger partial charge >= 0.3 is 41.9 Å². The topological polar surface area (TPSA) is 0 Å². The number of rotatable bonds is 0. The molecule has 0 rings (SSSR count). The molecule has 0 saturated carbocycles. The minimum absolute atomic E-state index is 0. The van der Waals surface area contributed by atoms with Gasteiger partial charge in [-0.15, -0.1) is 24.8 Å². The predicted octanol–water partition coefficient (Wildman–Crippen LogP) is 0.0403. The number of hydrogen-bond donors (Lipinski definition) is 0. The Bertz CT molecular complexity index is 22.5. The van der Waals surface area contributed by atoms with E-state index in [0.29, 0.717) is 0 Å². The van der Waals surface area contributed by atoms with Gasteiger partial charge in [0.1, 0.15) is 0 Å². The largest absolute Gasteiger partial charge is 2.00 e. The molecule has 0 aliphatic carbocycles. The van der Waals surface area contributed by atoms with Crippen molar-refractivity contribution in [2.24, 2.45) is 0 Å². The average molecular weight is 191 g/mol. The van der Waals surface area contributed by atoms with E-state index in [9.17, 15) is 0 Å². The molecule has 0 N–H and O–H groups in total. The molecule has 0 spiro atoms. The van der Waals surface area contributed by atoms with Crippen LogP contribution in [0.25, 0.3) is 0 Å². The van der Waals surface area contributed by atoms with E-state index in [1.54, 1.807) is 0 Å². The van der Waals surface area contributed by atoms with E-state index in [2.05, 4.69) is 0 Å². The van der Waals surface area contributed by atoms with Gasteiger partial charge in [-0.05, 0) is 0 Å². The molecule has 0 aromatic rings. The molecule has 0 aromatic carbocycles. The molecular formula is C6H17Cl2LiMg. The average Bonchev–Trinajstić information content (AvgIpc) is 1.39. The molecule has 0 aromatic heterocycles. The van der Waals surface area contributed by atoms with E-state index >= 15 is 0 Å². The smallest absolute Gasteiger partial charge is 1.00 e. The minimum atomic E-state index is 0. The van der Waals surface area contributed by atoms with Gasteiger partial charge in [-0.25, -0.2) is 0 Å². The molecule has 0 amide bonds. The monoisotopic (exact) mass is 190 g/mol. The molecule has 0 bridgehead atoms. The first-order valence-electron chi connectivity index (χ1n) is 2.31. The van der Waals surface area contributed by atoms with Crippen LogP contribution in [0, 0.1) is 12.8 Å². The Morgan fingerprint density at radius 3 is 0.800 bits per heavy atom. The Kier molecular flexibility index (Phi) is 282. The van der Waals surface area contributed by atoms with Crippen LogP contribution < -0.4 is 18.9 Å². The van der Waals surface area contributed by atoms with E-state index in [0.717, 1.165) is 0 Å². The van der Waals surface area contributed by atoms with Crippen LogP contribution >= 0.6 is 24.8 Å². The van der Waals surface area contributed by atoms with Crippen molar-refractivity contribution in [3.05, 3.63) is 12.8 Å². The summed E-state index contributed by atoms with van der Waals surface area (Å²) in [7, 11) is 0. The molecule has 0 atom stereocenters. The Morgan fingerprint density at radius 1 is 0.800 bits per heavy atom. The van der Waals surface area contributed by atoms with Crippen molar-refractivity contribution in [2.45, 2.75) is 27.7 Å². The molecular weight excluding hydrogens is 174 g/mol. The Balaban J connectivity index is -0.00000000400. The molecule has 0 nitrogen and oxygen atoms in total. The van der Waals surface area contributed by atoms with Gasteiger partial charge in [-0.2, -0.15) is 27.7 Å². The van der Waals surface area contributed by atoms with Gasteiger partial charge in [0.25, 0.3) is 0 Å². The van der Waals surface area contributed by atoms with E-state index in [1.165, 1.54) is 0 Å². The molecule has 0 saturated heterocycles. The van der Waals surface area contributed by atoms with E-state index in [-0.39, 0.29) is 68.2 Å². The summed E-state index contributed by atoms with van der Waals surface area (Å²) in [6, 6.07) is 0. The fourth-order valence-electron chi connectivity index (χ4n) is 0. The third-order valence-electron chi connectivity index (χ3n) is 0. The molecule has 0 aliphatic heterocycles. The molecule has 0 unspecified atom stereocenters. The third-order valence-corrected chi connectivity index (χ3v) is 0. The second-order valence-corrected chi connectivity index (χ2v) is 1.15. The van der Waals surface area contributed by atoms with Gasteiger partial charge < -0.3 is 14.3 Å². The van der Waals surface area contributed by atoms with Gasteiger partial charge in [0.2, 0.25) is 0 Å². The van der Waals surface area contributed by atoms with Crippen LogP contribution in [0.4, 0.5) is 0 Å². The summed E-state index contributed by atoms with van der Waals surface area (Å²) in [5.41, 5.74) is 0. The van der Waals surface area contributed by atoms with Gasteiger partial charge in [0.15, 0.2) is 0 Å². The van der Waals surface area contributed by atoms with E-state index in [1.807, 2.05) is 40.5 Å². The summed E-state index contributed by atoms with van der Waals surface area (Å²) < 4.78 is 0. The molecule has 0 fully saturated rings. The van der Waals surface area contributed by atoms with Crippen LogP contribution in [0.5, 0.6) is 0 Å². The van der Waals surface area contributed by atoms with E-state index in [4.69, 9.17) is 0 Å². The van der Waals surface area contributed by atoms with Crippen molar-refractivity contribution in [3.8, 4) is 0 Å². The summed E-state index contributed by atoms with van der Waals surface area (Å²) >= 11 is 0. The van der Waals surface area contributed by atoms with Crippen molar-refractivity contribution in [1.82, 2.24) is 0 Å². The van der Waals surface area contributed by atoms with E-state index < -0.39 is 0 Å². The SMILES string of the molecule is C[CH-]C.C[CH-]C.Cl.Cl.[H-].[Li+].[Mg+2]. The number of hydrogen-bond acceptors (Lipinski definition) is 0. The summed E-state index contributed by atoms with van der Waals surface area (Å²) in [6.07, 6.45) is 4.00. The zero-order valence-corrected chi connectivity index (χ0v) is 10.7. The fourth-order valence-corrected chi connectivity index (χ4v) is 0. The summed E-state index contributed by atoms with van der Waals surface area (Å²) in [5, 5.41) is 0. The van der Waals surface area contributed by atoms with Crippen LogP contribution in [0.1, 0.15) is 29.1 Å². The minimum Gasteiger partial charge on any atom is -1.00 e. The Morgan fingerprint density at radius 2 is 0.800 bits per heavy atom. The molecule has 0 heterocycles. The molecule has 0 radical (unpaired) electrons. The number of halogens is 2. The summed E-state index contributed by atoms with van der Waals surface area (Å²) in [4.78, 5) is 0. The van der Waals surface area contributed by atoms with Crippen molar-refractivity contribution in [1.29, 1.82) is 0 Å². The standard InChI is InChI=1S/2C3H7.2ClH.Li.Mg.H/c2*1-3-2;;;;;/h2*3H,1-2H3;2*1H;;;/q2*-1;;;+1;+2;-1. The normalized spacial score (nSPS) is 3.60. The maximum Gasteiger partial charge on any atom is 2.00 e. The second kappa shape index (κ2) is 69.6. The predicted molar refractivity (Wildman–Crippen MR) is 52.7 cm³/mol. The van der Waals surface area contributed by atoms with Gasteiger partial charge in [-0.3, -0.25) is 0 Å².